The molecular weight excluding hydrogens is 311 g/mol. The molecule has 0 unspecified atom stereocenters. The number of hydrogen-bond acceptors (Lipinski definition) is 4. The Morgan fingerprint density at radius 1 is 1.23 bits per heavy atom. The minimum atomic E-state index is -3.88. The van der Waals surface area contributed by atoms with Gasteiger partial charge in [-0.25, -0.2) is 12.8 Å². The average molecular weight is 328 g/mol. The summed E-state index contributed by atoms with van der Waals surface area (Å²) >= 11 is 0. The zero-order chi connectivity index (χ0) is 15.7. The van der Waals surface area contributed by atoms with Gasteiger partial charge in [0.15, 0.2) is 0 Å². The number of rotatable bonds is 2. The van der Waals surface area contributed by atoms with Gasteiger partial charge in [0, 0.05) is 13.1 Å². The van der Waals surface area contributed by atoms with Crippen LogP contribution in [-0.4, -0.2) is 50.5 Å². The molecule has 0 aromatic heterocycles. The number of carbonyl (C=O) groups is 1. The molecule has 1 N–H and O–H groups in total. The normalized spacial score (nSPS) is 26.9. The molecular formula is C14H17FN2O4S. The first-order valence-corrected chi connectivity index (χ1v) is 8.58. The van der Waals surface area contributed by atoms with E-state index in [0.29, 0.717) is 12.8 Å². The maximum atomic E-state index is 13.8. The van der Waals surface area contributed by atoms with Gasteiger partial charge in [0.1, 0.15) is 17.3 Å². The molecule has 0 aliphatic carbocycles. The fraction of sp³-hybridized carbons (Fsp3) is 0.500. The number of benzene rings is 1. The minimum Gasteiger partial charge on any atom is -0.366 e. The number of halogens is 1. The Balaban J connectivity index is 1.81. The van der Waals surface area contributed by atoms with Gasteiger partial charge in [0.2, 0.25) is 15.9 Å². The number of morpholine rings is 1. The lowest BCUT2D eigenvalue weighted by atomic mass is 10.0. The van der Waals surface area contributed by atoms with E-state index in [1.54, 1.807) is 0 Å². The van der Waals surface area contributed by atoms with E-state index < -0.39 is 15.8 Å². The number of nitrogens with zero attached hydrogens (tertiary/aromatic N) is 1. The Hall–Kier alpha value is -1.51. The van der Waals surface area contributed by atoms with Gasteiger partial charge >= 0.3 is 0 Å². The Morgan fingerprint density at radius 2 is 1.95 bits per heavy atom. The van der Waals surface area contributed by atoms with Crippen LogP contribution in [0.5, 0.6) is 0 Å². The highest BCUT2D eigenvalue weighted by molar-refractivity contribution is 7.89. The van der Waals surface area contributed by atoms with Crippen LogP contribution in [0, 0.1) is 5.82 Å². The second-order valence-corrected chi connectivity index (χ2v) is 7.34. The molecule has 120 valence electrons. The van der Waals surface area contributed by atoms with Crippen molar-refractivity contribution in [2.75, 3.05) is 19.7 Å². The quantitative estimate of drug-likeness (QED) is 0.857. The summed E-state index contributed by atoms with van der Waals surface area (Å²) < 4.78 is 45.7. The van der Waals surface area contributed by atoms with Crippen molar-refractivity contribution in [1.82, 2.24) is 9.62 Å². The van der Waals surface area contributed by atoms with Crippen molar-refractivity contribution in [2.45, 2.75) is 29.9 Å². The van der Waals surface area contributed by atoms with Crippen LogP contribution in [0.25, 0.3) is 0 Å². The molecule has 1 aromatic carbocycles. The summed E-state index contributed by atoms with van der Waals surface area (Å²) in [5.74, 6) is -0.944. The van der Waals surface area contributed by atoms with Crippen LogP contribution in [0.2, 0.25) is 0 Å². The summed E-state index contributed by atoms with van der Waals surface area (Å²) in [6.45, 7) is 0.469. The summed E-state index contributed by atoms with van der Waals surface area (Å²) in [7, 11) is -3.88. The van der Waals surface area contributed by atoms with Crippen molar-refractivity contribution in [1.29, 1.82) is 0 Å². The van der Waals surface area contributed by atoms with E-state index >= 15 is 0 Å². The lowest BCUT2D eigenvalue weighted by Gasteiger charge is -2.30. The van der Waals surface area contributed by atoms with E-state index in [-0.39, 0.29) is 42.6 Å². The summed E-state index contributed by atoms with van der Waals surface area (Å²) in [4.78, 5) is 11.0. The topological polar surface area (TPSA) is 75.7 Å². The number of ether oxygens (including phenoxy) is 1. The Morgan fingerprint density at radius 3 is 2.73 bits per heavy atom. The predicted octanol–water partition coefficient (Wildman–Crippen LogP) is 0.494. The molecule has 0 bridgehead atoms. The molecule has 0 saturated carbocycles. The monoisotopic (exact) mass is 328 g/mol. The van der Waals surface area contributed by atoms with Crippen molar-refractivity contribution in [2.24, 2.45) is 0 Å². The van der Waals surface area contributed by atoms with E-state index in [1.807, 2.05) is 0 Å². The van der Waals surface area contributed by atoms with Gasteiger partial charge < -0.3 is 10.1 Å². The van der Waals surface area contributed by atoms with E-state index in [0.717, 1.165) is 6.07 Å². The van der Waals surface area contributed by atoms with Crippen LogP contribution < -0.4 is 5.32 Å². The molecule has 0 radical (unpaired) electrons. The lowest BCUT2D eigenvalue weighted by Crippen LogP contribution is -2.51. The summed E-state index contributed by atoms with van der Waals surface area (Å²) in [6, 6.07) is 5.15. The number of hydrogen-bond donors (Lipinski definition) is 1. The number of carbonyl (C=O) groups excluding carboxylic acids is 1. The number of sulfonamides is 1. The standard InChI is InChI=1S/C14H17FN2O4S/c15-10-3-1-2-4-13(10)22(19,20)17-7-5-11-12(6-8-17)21-9-14(18)16-11/h1-4,11-12H,5-9H2,(H,16,18)/t11-,12-/m0/s1. The molecule has 1 aromatic rings. The first kappa shape index (κ1) is 15.4. The maximum Gasteiger partial charge on any atom is 0.246 e. The molecule has 6 nitrogen and oxygen atoms in total. The molecule has 2 aliphatic rings. The first-order chi connectivity index (χ1) is 10.5. The SMILES string of the molecule is O=C1CO[C@H]2CCN(S(=O)(=O)c3ccccc3F)CC[C@@H]2N1. The van der Waals surface area contributed by atoms with Gasteiger partial charge in [0.25, 0.3) is 0 Å². The zero-order valence-electron chi connectivity index (χ0n) is 11.9. The van der Waals surface area contributed by atoms with Gasteiger partial charge in [-0.2, -0.15) is 4.31 Å². The van der Waals surface area contributed by atoms with Crippen molar-refractivity contribution in [3.63, 3.8) is 0 Å². The van der Waals surface area contributed by atoms with Crippen LogP contribution in [0.4, 0.5) is 4.39 Å². The molecule has 3 rings (SSSR count). The van der Waals surface area contributed by atoms with Crippen LogP contribution in [0.3, 0.4) is 0 Å². The van der Waals surface area contributed by atoms with E-state index in [4.69, 9.17) is 4.74 Å². The number of nitrogens with one attached hydrogen (secondary N) is 1. The molecule has 2 fully saturated rings. The highest BCUT2D eigenvalue weighted by Gasteiger charge is 2.36. The van der Waals surface area contributed by atoms with Crippen molar-refractivity contribution >= 4 is 15.9 Å². The molecule has 2 aliphatic heterocycles. The van der Waals surface area contributed by atoms with Crippen molar-refractivity contribution in [3.8, 4) is 0 Å². The van der Waals surface area contributed by atoms with Gasteiger partial charge in [-0.3, -0.25) is 4.79 Å². The fourth-order valence-corrected chi connectivity index (χ4v) is 4.42. The van der Waals surface area contributed by atoms with Crippen LogP contribution in [0.1, 0.15) is 12.8 Å². The molecule has 2 saturated heterocycles. The third-order valence-electron chi connectivity index (χ3n) is 4.03. The third kappa shape index (κ3) is 2.86. The molecule has 0 spiro atoms. The van der Waals surface area contributed by atoms with Crippen LogP contribution in [-0.2, 0) is 19.6 Å². The number of fused-ring (bicyclic) bond motifs is 1. The minimum absolute atomic E-state index is 0.00122. The van der Waals surface area contributed by atoms with Crippen LogP contribution >= 0.6 is 0 Å². The van der Waals surface area contributed by atoms with E-state index in [9.17, 15) is 17.6 Å². The molecule has 8 heteroatoms. The fourth-order valence-electron chi connectivity index (χ4n) is 2.88. The van der Waals surface area contributed by atoms with E-state index in [2.05, 4.69) is 5.32 Å². The third-order valence-corrected chi connectivity index (χ3v) is 5.96. The smallest absolute Gasteiger partial charge is 0.246 e. The zero-order valence-corrected chi connectivity index (χ0v) is 12.7. The molecule has 22 heavy (non-hydrogen) atoms. The van der Waals surface area contributed by atoms with Crippen molar-refractivity contribution < 1.29 is 22.3 Å². The lowest BCUT2D eigenvalue weighted by molar-refractivity contribution is -0.136. The highest BCUT2D eigenvalue weighted by Crippen LogP contribution is 2.24. The Bertz CT molecular complexity index is 679. The molecule has 2 atom stereocenters. The second kappa shape index (κ2) is 5.94. The summed E-state index contributed by atoms with van der Waals surface area (Å²) in [5, 5.41) is 2.82. The van der Waals surface area contributed by atoms with Gasteiger partial charge in [-0.15, -0.1) is 0 Å². The first-order valence-electron chi connectivity index (χ1n) is 7.14. The second-order valence-electron chi connectivity index (χ2n) is 5.44. The predicted molar refractivity (Wildman–Crippen MR) is 76.1 cm³/mol. The maximum absolute atomic E-state index is 13.8. The molecule has 1 amide bonds. The van der Waals surface area contributed by atoms with E-state index in [1.165, 1.54) is 22.5 Å². The van der Waals surface area contributed by atoms with Gasteiger partial charge in [-0.1, -0.05) is 12.1 Å². The average Bonchev–Trinajstić information content (AvgIpc) is 2.70. The largest absolute Gasteiger partial charge is 0.366 e. The molecule has 2 heterocycles. The van der Waals surface area contributed by atoms with Crippen molar-refractivity contribution in [3.05, 3.63) is 30.1 Å². The Labute approximate surface area is 128 Å². The summed E-state index contributed by atoms with van der Waals surface area (Å²) in [5.41, 5.74) is 0. The van der Waals surface area contributed by atoms with Gasteiger partial charge in [-0.05, 0) is 25.0 Å². The highest BCUT2D eigenvalue weighted by atomic mass is 32.2. The van der Waals surface area contributed by atoms with Crippen LogP contribution in [0.15, 0.2) is 29.2 Å². The number of amides is 1. The Kier molecular flexibility index (Phi) is 4.16. The van der Waals surface area contributed by atoms with Gasteiger partial charge in [0.05, 0.1) is 12.1 Å². The summed E-state index contributed by atoms with van der Waals surface area (Å²) in [6.07, 6.45) is 0.724.